The van der Waals surface area contributed by atoms with Gasteiger partial charge in [0.25, 0.3) is 0 Å². The molecule has 0 aliphatic carbocycles. The third kappa shape index (κ3) is 7.30. The number of benzene rings is 2. The average molecular weight is 765 g/mol. The van der Waals surface area contributed by atoms with Crippen LogP contribution in [-0.4, -0.2) is 104 Å². The van der Waals surface area contributed by atoms with Crippen LogP contribution in [0.25, 0.3) is 0 Å². The smallest absolute Gasteiger partial charge is 0.313 e. The summed E-state index contributed by atoms with van der Waals surface area (Å²) >= 11 is 3.75. The Bertz CT molecular complexity index is 1590. The first-order chi connectivity index (χ1) is 24.4. The molecule has 0 radical (unpaired) electrons. The lowest BCUT2D eigenvalue weighted by Crippen LogP contribution is -2.60. The Morgan fingerprint density at radius 1 is 1.08 bits per heavy atom. The van der Waals surface area contributed by atoms with Crippen molar-refractivity contribution in [3.05, 3.63) is 97.1 Å². The lowest BCUT2D eigenvalue weighted by atomic mass is 9.70. The van der Waals surface area contributed by atoms with E-state index in [1.165, 1.54) is 4.90 Å². The van der Waals surface area contributed by atoms with Crippen molar-refractivity contribution in [2.45, 2.75) is 93.3 Å². The number of ether oxygens (including phenoxy) is 2. The molecule has 5 rings (SSSR count). The number of fused-ring (bicyclic) bond motifs is 1. The van der Waals surface area contributed by atoms with Gasteiger partial charge in [0.15, 0.2) is 0 Å². The SMILES string of the molecule is C=CCCC(=O)N(C)[C@H](C)[C@H](OC(=O)[C@@H]1[C@H]2O[C@@]3(CC2Br)[C@H](C(=O)N(CC=C)C(C)C)N([C@@H](CO)Cc2ccccc2)C(=O)[C@@H]13)c1ccccc1. The first-order valence-electron chi connectivity index (χ1n) is 17.7. The fourth-order valence-electron chi connectivity index (χ4n) is 8.12. The van der Waals surface area contributed by atoms with Crippen LogP contribution in [0.4, 0.5) is 0 Å². The monoisotopic (exact) mass is 763 g/mol. The predicted molar refractivity (Wildman–Crippen MR) is 198 cm³/mol. The Hall–Kier alpha value is -3.80. The molecule has 3 fully saturated rings. The number of likely N-dealkylation sites (tertiary alicyclic amines) is 1. The van der Waals surface area contributed by atoms with Gasteiger partial charge in [-0.1, -0.05) is 88.7 Å². The summed E-state index contributed by atoms with van der Waals surface area (Å²) in [5.41, 5.74) is 0.242. The maximum atomic E-state index is 14.9. The molecule has 2 bridgehead atoms. The second-order valence-electron chi connectivity index (χ2n) is 14.1. The molecule has 10 nitrogen and oxygen atoms in total. The van der Waals surface area contributed by atoms with Crippen LogP contribution in [-0.2, 0) is 35.1 Å². The molecule has 1 unspecified atom stereocenters. The first-order valence-corrected chi connectivity index (χ1v) is 18.7. The van der Waals surface area contributed by atoms with E-state index >= 15 is 0 Å². The molecule has 0 aromatic heterocycles. The number of likely N-dealkylation sites (N-methyl/N-ethyl adjacent to an activating group) is 1. The van der Waals surface area contributed by atoms with Gasteiger partial charge in [-0.15, -0.1) is 13.2 Å². The number of nitrogens with zero attached hydrogens (tertiary/aromatic N) is 3. The lowest BCUT2D eigenvalue weighted by molar-refractivity contribution is -0.165. The fraction of sp³-hybridized carbons (Fsp3) is 0.500. The number of rotatable bonds is 16. The molecule has 51 heavy (non-hydrogen) atoms. The number of aliphatic hydroxyl groups excluding tert-OH is 1. The molecule has 1 spiro atoms. The average Bonchev–Trinajstić information content (AvgIpc) is 3.73. The quantitative estimate of drug-likeness (QED) is 0.148. The van der Waals surface area contributed by atoms with Crippen LogP contribution in [0.1, 0.15) is 57.3 Å². The van der Waals surface area contributed by atoms with Crippen LogP contribution >= 0.6 is 15.9 Å². The standard InChI is InChI=1S/C40H50BrN3O7/c1-7-9-20-31(46)42(6)26(5)34(28-18-14-11-15-19-28)50-39(49)32-33-37(47)44(29(24-45)22-27-16-12-10-13-17-27)36(38(48)43(21-8-2)25(3)4)40(33)23-30(41)35(32)51-40/h7-8,10-19,25-26,29-30,32-36,45H,1-2,9,20-24H2,3-6H3/t26-,29-,30?,32+,33-,34+,35+,36+,40-/m1/s1. The summed E-state index contributed by atoms with van der Waals surface area (Å²) < 4.78 is 13.1. The molecule has 0 saturated carbocycles. The number of hydrogen-bond acceptors (Lipinski definition) is 7. The highest BCUT2D eigenvalue weighted by molar-refractivity contribution is 9.09. The van der Waals surface area contributed by atoms with Gasteiger partial charge < -0.3 is 29.3 Å². The van der Waals surface area contributed by atoms with E-state index in [-0.39, 0.29) is 35.6 Å². The zero-order valence-corrected chi connectivity index (χ0v) is 31.5. The summed E-state index contributed by atoms with van der Waals surface area (Å²) in [7, 11) is 1.68. The Kier molecular flexibility index (Phi) is 12.2. The van der Waals surface area contributed by atoms with Crippen molar-refractivity contribution in [1.82, 2.24) is 14.7 Å². The number of esters is 1. The third-order valence-electron chi connectivity index (χ3n) is 10.8. The zero-order chi connectivity index (χ0) is 37.0. The summed E-state index contributed by atoms with van der Waals surface area (Å²) in [6.45, 7) is 13.1. The second kappa shape index (κ2) is 16.3. The molecule has 3 aliphatic heterocycles. The largest absolute Gasteiger partial charge is 0.455 e. The highest BCUT2D eigenvalue weighted by atomic mass is 79.9. The number of halogens is 1. The minimum atomic E-state index is -1.35. The number of carbonyl (C=O) groups excluding carboxylic acids is 4. The lowest BCUT2D eigenvalue weighted by Gasteiger charge is -2.40. The molecule has 274 valence electrons. The highest BCUT2D eigenvalue weighted by Gasteiger charge is 2.77. The number of amides is 3. The number of allylic oxidation sites excluding steroid dienone is 1. The van der Waals surface area contributed by atoms with Gasteiger partial charge in [0.1, 0.15) is 17.7 Å². The minimum absolute atomic E-state index is 0.118. The molecule has 3 saturated heterocycles. The van der Waals surface area contributed by atoms with E-state index in [4.69, 9.17) is 9.47 Å². The van der Waals surface area contributed by atoms with E-state index in [2.05, 4.69) is 29.1 Å². The molecule has 3 amide bonds. The third-order valence-corrected chi connectivity index (χ3v) is 11.6. The van der Waals surface area contributed by atoms with Gasteiger partial charge in [0, 0.05) is 30.9 Å². The second-order valence-corrected chi connectivity index (χ2v) is 15.3. The van der Waals surface area contributed by atoms with Gasteiger partial charge in [-0.05, 0) is 51.2 Å². The van der Waals surface area contributed by atoms with Crippen LogP contribution in [0, 0.1) is 11.8 Å². The summed E-state index contributed by atoms with van der Waals surface area (Å²) in [5, 5.41) is 10.8. The minimum Gasteiger partial charge on any atom is -0.455 e. The Balaban J connectivity index is 1.55. The van der Waals surface area contributed by atoms with E-state index in [1.54, 1.807) is 29.0 Å². The zero-order valence-electron chi connectivity index (χ0n) is 29.9. The number of aliphatic hydroxyl groups is 1. The van der Waals surface area contributed by atoms with Crippen LogP contribution in [0.15, 0.2) is 86.0 Å². The van der Waals surface area contributed by atoms with Crippen LogP contribution in [0.5, 0.6) is 0 Å². The summed E-state index contributed by atoms with van der Waals surface area (Å²) in [5.74, 6) is -3.57. The van der Waals surface area contributed by atoms with Crippen molar-refractivity contribution >= 4 is 39.6 Å². The molecule has 3 heterocycles. The van der Waals surface area contributed by atoms with E-state index in [1.807, 2.05) is 81.4 Å². The van der Waals surface area contributed by atoms with Crippen molar-refractivity contribution in [2.24, 2.45) is 11.8 Å². The van der Waals surface area contributed by atoms with Gasteiger partial charge >= 0.3 is 5.97 Å². The van der Waals surface area contributed by atoms with Gasteiger partial charge in [0.05, 0.1) is 36.6 Å². The fourth-order valence-corrected chi connectivity index (χ4v) is 9.06. The van der Waals surface area contributed by atoms with Crippen molar-refractivity contribution in [3.8, 4) is 0 Å². The van der Waals surface area contributed by atoms with Crippen molar-refractivity contribution < 1.29 is 33.8 Å². The topological polar surface area (TPSA) is 117 Å². The molecule has 3 aliphatic rings. The van der Waals surface area contributed by atoms with Crippen molar-refractivity contribution in [1.29, 1.82) is 0 Å². The Morgan fingerprint density at radius 3 is 2.31 bits per heavy atom. The van der Waals surface area contributed by atoms with Crippen molar-refractivity contribution in [2.75, 3.05) is 20.2 Å². The van der Waals surface area contributed by atoms with Gasteiger partial charge in [-0.25, -0.2) is 0 Å². The Morgan fingerprint density at radius 2 is 1.73 bits per heavy atom. The Labute approximate surface area is 309 Å². The molecule has 2 aromatic carbocycles. The van der Waals surface area contributed by atoms with Crippen molar-refractivity contribution in [3.63, 3.8) is 0 Å². The van der Waals surface area contributed by atoms with E-state index < -0.39 is 66.3 Å². The normalized spacial score (nSPS) is 26.7. The van der Waals surface area contributed by atoms with Gasteiger partial charge in [-0.2, -0.15) is 0 Å². The number of alkyl halides is 1. The molecule has 2 aromatic rings. The van der Waals surface area contributed by atoms with Crippen LogP contribution < -0.4 is 0 Å². The van der Waals surface area contributed by atoms with Crippen LogP contribution in [0.2, 0.25) is 0 Å². The summed E-state index contributed by atoms with van der Waals surface area (Å²) in [6.07, 6.45) is 3.14. The molecule has 9 atom stereocenters. The molecule has 11 heteroatoms. The maximum Gasteiger partial charge on any atom is 0.313 e. The highest BCUT2D eigenvalue weighted by Crippen LogP contribution is 2.61. The molecular weight excluding hydrogens is 714 g/mol. The van der Waals surface area contributed by atoms with Gasteiger partial charge in [-0.3, -0.25) is 19.2 Å². The summed E-state index contributed by atoms with van der Waals surface area (Å²) in [4.78, 5) is 61.7. The number of hydrogen-bond donors (Lipinski definition) is 1. The predicted octanol–water partition coefficient (Wildman–Crippen LogP) is 4.86. The molecular formula is C40H50BrN3O7. The van der Waals surface area contributed by atoms with E-state index in [0.717, 1.165) is 5.56 Å². The van der Waals surface area contributed by atoms with E-state index in [9.17, 15) is 24.3 Å². The van der Waals surface area contributed by atoms with Crippen LogP contribution in [0.3, 0.4) is 0 Å². The molecule has 1 N–H and O–H groups in total. The van der Waals surface area contributed by atoms with Gasteiger partial charge in [0.2, 0.25) is 17.7 Å². The summed E-state index contributed by atoms with van der Waals surface area (Å²) in [6, 6.07) is 16.1. The van der Waals surface area contributed by atoms with E-state index in [0.29, 0.717) is 24.8 Å². The maximum absolute atomic E-state index is 14.9. The number of carbonyl (C=O) groups is 4. The first kappa shape index (κ1) is 38.4.